The van der Waals surface area contributed by atoms with Crippen molar-refractivity contribution in [2.24, 2.45) is 0 Å². The minimum atomic E-state index is -0.217. The van der Waals surface area contributed by atoms with Crippen molar-refractivity contribution in [2.75, 3.05) is 0 Å². The van der Waals surface area contributed by atoms with E-state index in [9.17, 15) is 9.59 Å². The molecule has 0 saturated heterocycles. The maximum atomic E-state index is 12.9. The van der Waals surface area contributed by atoms with E-state index in [2.05, 4.69) is 31.3 Å². The summed E-state index contributed by atoms with van der Waals surface area (Å²) in [6.07, 6.45) is 1.68. The van der Waals surface area contributed by atoms with Gasteiger partial charge in [0.2, 0.25) is 0 Å². The number of hydrogen-bond acceptors (Lipinski definition) is 4. The van der Waals surface area contributed by atoms with Crippen LogP contribution in [-0.4, -0.2) is 20.7 Å². The van der Waals surface area contributed by atoms with Gasteiger partial charge in [-0.1, -0.05) is 36.4 Å². The summed E-state index contributed by atoms with van der Waals surface area (Å²) in [7, 11) is 0. The Hall–Kier alpha value is -3.32. The Kier molecular flexibility index (Phi) is 5.48. The number of nitrogens with one attached hydrogen (secondary N) is 1. The number of aromatic nitrogens is 3. The fourth-order valence-electron chi connectivity index (χ4n) is 3.09. The third kappa shape index (κ3) is 4.09. The normalized spacial score (nSPS) is 10.8. The quantitative estimate of drug-likeness (QED) is 0.506. The van der Waals surface area contributed by atoms with Gasteiger partial charge in [-0.15, -0.1) is 0 Å². The molecule has 29 heavy (non-hydrogen) atoms. The summed E-state index contributed by atoms with van der Waals surface area (Å²) in [5, 5.41) is 8.70. The molecule has 4 rings (SSSR count). The van der Waals surface area contributed by atoms with Crippen LogP contribution in [0.4, 0.5) is 0 Å². The number of pyridine rings is 1. The summed E-state index contributed by atoms with van der Waals surface area (Å²) in [6, 6.07) is 20.0. The maximum absolute atomic E-state index is 12.9. The predicted octanol–water partition coefficient (Wildman–Crippen LogP) is 3.53. The van der Waals surface area contributed by atoms with Crippen LogP contribution in [0.2, 0.25) is 0 Å². The van der Waals surface area contributed by atoms with E-state index in [0.717, 1.165) is 15.6 Å². The zero-order chi connectivity index (χ0) is 20.2. The van der Waals surface area contributed by atoms with Crippen LogP contribution < -0.4 is 10.9 Å². The van der Waals surface area contributed by atoms with Gasteiger partial charge >= 0.3 is 0 Å². The van der Waals surface area contributed by atoms with Crippen LogP contribution in [0.1, 0.15) is 21.7 Å². The molecule has 0 saturated carbocycles. The van der Waals surface area contributed by atoms with E-state index in [0.29, 0.717) is 16.6 Å². The first-order valence-corrected chi connectivity index (χ1v) is 9.84. The van der Waals surface area contributed by atoms with Crippen LogP contribution in [0, 0.1) is 0 Å². The summed E-state index contributed by atoms with van der Waals surface area (Å²) >= 11 is 3.39. The lowest BCUT2D eigenvalue weighted by atomic mass is 10.1. The molecule has 6 nitrogen and oxygen atoms in total. The first-order valence-electron chi connectivity index (χ1n) is 9.05. The lowest BCUT2D eigenvalue weighted by Gasteiger charge is -2.12. The van der Waals surface area contributed by atoms with Crippen LogP contribution in [0.25, 0.3) is 10.8 Å². The van der Waals surface area contributed by atoms with E-state index in [4.69, 9.17) is 0 Å². The van der Waals surface area contributed by atoms with Crippen molar-refractivity contribution in [1.29, 1.82) is 0 Å². The number of carbonyl (C=O) groups is 1. The number of halogens is 1. The summed E-state index contributed by atoms with van der Waals surface area (Å²) in [5.41, 5.74) is 1.71. The molecule has 4 aromatic rings. The molecule has 0 atom stereocenters. The SMILES string of the molecule is O=C(NCc1nn(Cc2ccccn2)c(=O)c2ccccc12)c1ccccc1Br. The van der Waals surface area contributed by atoms with Crippen LogP contribution in [0.15, 0.2) is 82.2 Å². The lowest BCUT2D eigenvalue weighted by molar-refractivity contribution is 0.0949. The number of rotatable bonds is 5. The Bertz CT molecular complexity index is 1240. The van der Waals surface area contributed by atoms with E-state index in [1.807, 2.05) is 48.5 Å². The number of benzene rings is 2. The fraction of sp³-hybridized carbons (Fsp3) is 0.0909. The smallest absolute Gasteiger partial charge is 0.275 e. The predicted molar refractivity (Wildman–Crippen MR) is 115 cm³/mol. The number of hydrogen-bond donors (Lipinski definition) is 1. The van der Waals surface area contributed by atoms with Crippen LogP contribution >= 0.6 is 15.9 Å². The third-order valence-corrected chi connectivity index (χ3v) is 5.21. The number of nitrogens with zero attached hydrogens (tertiary/aromatic N) is 3. The average Bonchev–Trinajstić information content (AvgIpc) is 2.76. The van der Waals surface area contributed by atoms with Crippen molar-refractivity contribution < 1.29 is 4.79 Å². The molecule has 2 aromatic heterocycles. The van der Waals surface area contributed by atoms with Gasteiger partial charge in [-0.2, -0.15) is 5.10 Å². The second-order valence-electron chi connectivity index (χ2n) is 6.44. The Morgan fingerprint density at radius 1 is 0.966 bits per heavy atom. The Morgan fingerprint density at radius 3 is 2.45 bits per heavy atom. The Labute approximate surface area is 175 Å². The Balaban J connectivity index is 1.68. The molecule has 7 heteroatoms. The second kappa shape index (κ2) is 8.36. The molecule has 0 bridgehead atoms. The monoisotopic (exact) mass is 448 g/mol. The van der Waals surface area contributed by atoms with Gasteiger partial charge in [-0.3, -0.25) is 14.6 Å². The zero-order valence-corrected chi connectivity index (χ0v) is 17.0. The average molecular weight is 449 g/mol. The van der Waals surface area contributed by atoms with Gasteiger partial charge < -0.3 is 5.32 Å². The highest BCUT2D eigenvalue weighted by atomic mass is 79.9. The van der Waals surface area contributed by atoms with Gasteiger partial charge in [0, 0.05) is 16.1 Å². The molecule has 0 unspecified atom stereocenters. The molecule has 1 amide bonds. The number of amides is 1. The van der Waals surface area contributed by atoms with Gasteiger partial charge in [0.1, 0.15) is 0 Å². The Morgan fingerprint density at radius 2 is 1.69 bits per heavy atom. The number of fused-ring (bicyclic) bond motifs is 1. The van der Waals surface area contributed by atoms with Crippen LogP contribution in [0.3, 0.4) is 0 Å². The van der Waals surface area contributed by atoms with Crippen molar-refractivity contribution in [3.63, 3.8) is 0 Å². The molecule has 0 spiro atoms. The molecular formula is C22H17BrN4O2. The molecule has 2 heterocycles. The van der Waals surface area contributed by atoms with Gasteiger partial charge in [0.15, 0.2) is 0 Å². The third-order valence-electron chi connectivity index (χ3n) is 4.52. The van der Waals surface area contributed by atoms with Gasteiger partial charge in [-0.25, -0.2) is 4.68 Å². The highest BCUT2D eigenvalue weighted by molar-refractivity contribution is 9.10. The van der Waals surface area contributed by atoms with E-state index < -0.39 is 0 Å². The summed E-state index contributed by atoms with van der Waals surface area (Å²) in [6.45, 7) is 0.457. The summed E-state index contributed by atoms with van der Waals surface area (Å²) < 4.78 is 2.11. The minimum absolute atomic E-state index is 0.188. The first kappa shape index (κ1) is 19.0. The van der Waals surface area contributed by atoms with E-state index in [1.54, 1.807) is 24.4 Å². The minimum Gasteiger partial charge on any atom is -0.346 e. The van der Waals surface area contributed by atoms with Crippen LogP contribution in [-0.2, 0) is 13.1 Å². The molecule has 144 valence electrons. The number of carbonyl (C=O) groups excluding carboxylic acids is 1. The van der Waals surface area contributed by atoms with E-state index in [1.165, 1.54) is 4.68 Å². The van der Waals surface area contributed by atoms with Gasteiger partial charge in [0.05, 0.1) is 35.4 Å². The largest absolute Gasteiger partial charge is 0.346 e. The molecule has 0 radical (unpaired) electrons. The first-order chi connectivity index (χ1) is 14.1. The highest BCUT2D eigenvalue weighted by Crippen LogP contribution is 2.17. The van der Waals surface area contributed by atoms with Crippen molar-refractivity contribution >= 4 is 32.6 Å². The van der Waals surface area contributed by atoms with Crippen LogP contribution in [0.5, 0.6) is 0 Å². The van der Waals surface area contributed by atoms with Gasteiger partial charge in [-0.05, 0) is 46.3 Å². The molecule has 2 aromatic carbocycles. The van der Waals surface area contributed by atoms with E-state index in [-0.39, 0.29) is 24.6 Å². The highest BCUT2D eigenvalue weighted by Gasteiger charge is 2.14. The molecule has 1 N–H and O–H groups in total. The van der Waals surface area contributed by atoms with E-state index >= 15 is 0 Å². The van der Waals surface area contributed by atoms with Gasteiger partial charge in [0.25, 0.3) is 11.5 Å². The van der Waals surface area contributed by atoms with Crippen molar-refractivity contribution in [3.8, 4) is 0 Å². The van der Waals surface area contributed by atoms with Crippen molar-refractivity contribution in [1.82, 2.24) is 20.1 Å². The topological polar surface area (TPSA) is 76.9 Å². The summed E-state index contributed by atoms with van der Waals surface area (Å²) in [4.78, 5) is 29.7. The lowest BCUT2D eigenvalue weighted by Crippen LogP contribution is -2.29. The standard InChI is InChI=1S/C22H17BrN4O2/c23-19-11-4-3-10-18(19)21(28)25-13-20-16-8-1-2-9-17(16)22(29)27(26-20)14-15-7-5-6-12-24-15/h1-12H,13-14H2,(H,25,28). The zero-order valence-electron chi connectivity index (χ0n) is 15.4. The fourth-order valence-corrected chi connectivity index (χ4v) is 3.56. The van der Waals surface area contributed by atoms with Crippen molar-refractivity contribution in [3.05, 3.63) is 105 Å². The summed E-state index contributed by atoms with van der Waals surface area (Å²) in [5.74, 6) is -0.217. The maximum Gasteiger partial charge on any atom is 0.275 e. The molecule has 0 aliphatic carbocycles. The second-order valence-corrected chi connectivity index (χ2v) is 7.29. The molecule has 0 aliphatic heterocycles. The van der Waals surface area contributed by atoms with Crippen molar-refractivity contribution in [2.45, 2.75) is 13.1 Å². The molecule has 0 aliphatic rings. The molecular weight excluding hydrogens is 432 g/mol. The molecule has 0 fully saturated rings.